The maximum atomic E-state index is 2.35. The molecule has 1 heteroatoms. The zero-order chi connectivity index (χ0) is 3.58. The van der Waals surface area contributed by atoms with Gasteiger partial charge in [-0.1, -0.05) is 0 Å². The van der Waals surface area contributed by atoms with Crippen molar-refractivity contribution >= 4 is 20.2 Å². The number of hydrogen-bond acceptors (Lipinski definition) is 0. The molecular formula is C3H9Sb. The first-order valence-corrected chi connectivity index (χ1v) is 9.00. The van der Waals surface area contributed by atoms with Crippen LogP contribution in [-0.4, -0.2) is 20.2 Å². The Morgan fingerprint density at radius 1 is 1.00 bits per heavy atom. The Kier molecular flexibility index (Phi) is 2.51. The van der Waals surface area contributed by atoms with Crippen molar-refractivity contribution < 1.29 is 0 Å². The monoisotopic (exact) mass is 166 g/mol. The van der Waals surface area contributed by atoms with Crippen molar-refractivity contribution in [1.29, 1.82) is 0 Å². The van der Waals surface area contributed by atoms with E-state index in [1.165, 1.54) is 0 Å². The molecule has 0 aliphatic heterocycles. The van der Waals surface area contributed by atoms with E-state index in [0.29, 0.717) is 0 Å². The van der Waals surface area contributed by atoms with E-state index in [4.69, 9.17) is 0 Å². The molecule has 0 N–H and O–H groups in total. The molecule has 4 heavy (non-hydrogen) atoms. The summed E-state index contributed by atoms with van der Waals surface area (Å²) < 4.78 is 0. The van der Waals surface area contributed by atoms with Gasteiger partial charge in [-0.2, -0.15) is 0 Å². The molecule has 0 amide bonds. The van der Waals surface area contributed by atoms with Gasteiger partial charge in [0.15, 0.2) is 0 Å². The Hall–Kier alpha value is 0.818. The summed E-state index contributed by atoms with van der Waals surface area (Å²) in [7, 11) is 0. The van der Waals surface area contributed by atoms with Crippen molar-refractivity contribution in [3.05, 3.63) is 0 Å². The van der Waals surface area contributed by atoms with Crippen molar-refractivity contribution in [2.45, 2.75) is 14.6 Å². The minimum atomic E-state index is -0.450. The van der Waals surface area contributed by atoms with Gasteiger partial charge in [-0.25, -0.2) is 0 Å². The first-order valence-electron chi connectivity index (χ1n) is 1.34. The molecule has 0 radical (unpaired) electrons. The quantitative estimate of drug-likeness (QED) is 0.478. The van der Waals surface area contributed by atoms with Crippen LogP contribution in [0.3, 0.4) is 0 Å². The third kappa shape index (κ3) is 13.9. The predicted molar refractivity (Wildman–Crippen MR) is 23.3 cm³/mol. The molecule has 0 heterocycles. The molecule has 0 spiro atoms. The van der Waals surface area contributed by atoms with Crippen LogP contribution < -0.4 is 0 Å². The molecule has 0 aromatic rings. The summed E-state index contributed by atoms with van der Waals surface area (Å²) in [6, 6.07) is 0. The Morgan fingerprint density at radius 2 is 1.00 bits per heavy atom. The molecule has 0 aliphatic carbocycles. The summed E-state index contributed by atoms with van der Waals surface area (Å²) in [6.45, 7) is 0. The topological polar surface area (TPSA) is 0 Å². The summed E-state index contributed by atoms with van der Waals surface area (Å²) in [5.74, 6) is 0. The number of rotatable bonds is 0. The van der Waals surface area contributed by atoms with Gasteiger partial charge in [-0.3, -0.25) is 0 Å². The van der Waals surface area contributed by atoms with Gasteiger partial charge in [0, 0.05) is 0 Å². The summed E-state index contributed by atoms with van der Waals surface area (Å²) >= 11 is -0.450. The third-order valence-electron chi connectivity index (χ3n) is 0. The van der Waals surface area contributed by atoms with E-state index in [9.17, 15) is 0 Å². The third-order valence-corrected chi connectivity index (χ3v) is 0. The van der Waals surface area contributed by atoms with Gasteiger partial charge in [0.05, 0.1) is 0 Å². The van der Waals surface area contributed by atoms with Crippen LogP contribution in [0, 0.1) is 0 Å². The van der Waals surface area contributed by atoms with Crippen molar-refractivity contribution in [3.63, 3.8) is 0 Å². The van der Waals surface area contributed by atoms with E-state index in [2.05, 4.69) is 14.6 Å². The summed E-state index contributed by atoms with van der Waals surface area (Å²) in [6.07, 6.45) is 0. The molecule has 0 aromatic carbocycles. The molecule has 0 bridgehead atoms. The van der Waals surface area contributed by atoms with Gasteiger partial charge in [0.1, 0.15) is 0 Å². The maximum absolute atomic E-state index is 2.35. The first-order chi connectivity index (χ1) is 1.73. The Balaban J connectivity index is 2.32. The predicted octanol–water partition coefficient (Wildman–Crippen LogP) is 1.37. The molecule has 0 saturated carbocycles. The molecule has 0 saturated heterocycles. The van der Waals surface area contributed by atoms with Crippen LogP contribution in [0.2, 0.25) is 14.6 Å². The molecule has 0 atom stereocenters. The van der Waals surface area contributed by atoms with Gasteiger partial charge in [0.2, 0.25) is 0 Å². The Bertz CT molecular complexity index is 8.00. The van der Waals surface area contributed by atoms with Gasteiger partial charge in [0.25, 0.3) is 0 Å². The van der Waals surface area contributed by atoms with E-state index in [1.54, 1.807) is 0 Å². The number of hydrogen-bond donors (Lipinski definition) is 0. The van der Waals surface area contributed by atoms with E-state index in [1.807, 2.05) is 0 Å². The average Bonchev–Trinajstić information content (AvgIpc) is 0.811. The zero-order valence-corrected chi connectivity index (χ0v) is 6.00. The molecular weight excluding hydrogens is 158 g/mol. The van der Waals surface area contributed by atoms with Crippen molar-refractivity contribution in [2.75, 3.05) is 0 Å². The second-order valence-electron chi connectivity index (χ2n) is 1.34. The van der Waals surface area contributed by atoms with Crippen molar-refractivity contribution in [2.24, 2.45) is 0 Å². The minimum absolute atomic E-state index is 0.450. The Labute approximate surface area is 35.2 Å². The van der Waals surface area contributed by atoms with E-state index < -0.39 is 20.2 Å². The van der Waals surface area contributed by atoms with Crippen LogP contribution in [0.25, 0.3) is 0 Å². The summed E-state index contributed by atoms with van der Waals surface area (Å²) in [5, 5.41) is 0. The summed E-state index contributed by atoms with van der Waals surface area (Å²) in [4.78, 5) is 7.05. The first kappa shape index (κ1) is 4.82. The van der Waals surface area contributed by atoms with Crippen LogP contribution in [0.4, 0.5) is 0 Å². The van der Waals surface area contributed by atoms with E-state index in [0.717, 1.165) is 0 Å². The standard InChI is InChI=1S/3CH3.Sb/h3*1H3;. The van der Waals surface area contributed by atoms with Gasteiger partial charge >= 0.3 is 34.8 Å². The molecule has 0 fully saturated rings. The van der Waals surface area contributed by atoms with E-state index in [-0.39, 0.29) is 0 Å². The van der Waals surface area contributed by atoms with Gasteiger partial charge in [-0.15, -0.1) is 0 Å². The van der Waals surface area contributed by atoms with Crippen LogP contribution in [0.5, 0.6) is 0 Å². The van der Waals surface area contributed by atoms with Crippen LogP contribution >= 0.6 is 0 Å². The van der Waals surface area contributed by atoms with E-state index >= 15 is 0 Å². The fourth-order valence-electron chi connectivity index (χ4n) is 0. The van der Waals surface area contributed by atoms with Crippen LogP contribution in [0.1, 0.15) is 0 Å². The molecule has 0 nitrogen and oxygen atoms in total. The molecule has 0 aromatic heterocycles. The molecule has 0 aliphatic rings. The van der Waals surface area contributed by atoms with Crippen LogP contribution in [0.15, 0.2) is 0 Å². The normalized spacial score (nSPS) is 9.00. The zero-order valence-electron chi connectivity index (χ0n) is 3.45. The average molecular weight is 167 g/mol. The van der Waals surface area contributed by atoms with Gasteiger partial charge in [-0.05, 0) is 0 Å². The molecule has 0 unspecified atom stereocenters. The van der Waals surface area contributed by atoms with Crippen molar-refractivity contribution in [1.82, 2.24) is 0 Å². The van der Waals surface area contributed by atoms with Gasteiger partial charge < -0.3 is 0 Å². The molecule has 26 valence electrons. The Morgan fingerprint density at radius 3 is 1.00 bits per heavy atom. The van der Waals surface area contributed by atoms with Crippen LogP contribution in [-0.2, 0) is 0 Å². The fraction of sp³-hybridized carbons (Fsp3) is 1.00. The second kappa shape index (κ2) is 2.08. The molecule has 0 rings (SSSR count). The van der Waals surface area contributed by atoms with Crippen molar-refractivity contribution in [3.8, 4) is 0 Å². The summed E-state index contributed by atoms with van der Waals surface area (Å²) in [5.41, 5.74) is 0. The SMILES string of the molecule is [CH3][Sb]([CH3])[CH3]. The fourth-order valence-corrected chi connectivity index (χ4v) is 0. The second-order valence-corrected chi connectivity index (χ2v) is 9.00.